The quantitative estimate of drug-likeness (QED) is 0.229. The van der Waals surface area contributed by atoms with Gasteiger partial charge in [-0.3, -0.25) is 9.59 Å². The zero-order valence-corrected chi connectivity index (χ0v) is 24.9. The van der Waals surface area contributed by atoms with Crippen molar-refractivity contribution in [1.29, 1.82) is 0 Å². The highest BCUT2D eigenvalue weighted by Crippen LogP contribution is 2.30. The van der Waals surface area contributed by atoms with E-state index in [-0.39, 0.29) is 25.0 Å². The lowest BCUT2D eigenvalue weighted by molar-refractivity contribution is -0.142. The van der Waals surface area contributed by atoms with Gasteiger partial charge in [-0.2, -0.15) is 0 Å². The highest BCUT2D eigenvalue weighted by molar-refractivity contribution is 9.10. The molecule has 0 radical (unpaired) electrons. The Labute approximate surface area is 243 Å². The van der Waals surface area contributed by atoms with Gasteiger partial charge < -0.3 is 15.0 Å². The molecule has 0 fully saturated rings. The van der Waals surface area contributed by atoms with E-state index < -0.39 is 6.04 Å². The van der Waals surface area contributed by atoms with E-state index in [1.54, 1.807) is 18.2 Å². The number of hydrogen-bond donors (Lipinski definition) is 1. The maximum absolute atomic E-state index is 13.8. The summed E-state index contributed by atoms with van der Waals surface area (Å²) in [5.74, 6) is 0.315. The first-order valence-corrected chi connectivity index (χ1v) is 14.2. The van der Waals surface area contributed by atoms with Crippen molar-refractivity contribution in [2.75, 3.05) is 13.2 Å². The molecule has 3 rings (SSSR count). The predicted octanol–water partition coefficient (Wildman–Crippen LogP) is 7.42. The van der Waals surface area contributed by atoms with Crippen molar-refractivity contribution in [2.45, 2.75) is 52.1 Å². The molecule has 0 saturated carbocycles. The fraction of sp³-hybridized carbons (Fsp3) is 0.333. The van der Waals surface area contributed by atoms with Crippen LogP contribution in [0, 0.1) is 0 Å². The normalized spacial score (nSPS) is 11.8. The van der Waals surface area contributed by atoms with Gasteiger partial charge in [0.25, 0.3) is 5.91 Å². The molecule has 3 aromatic rings. The number of carbonyl (C=O) groups excluding carboxylic acids is 2. The van der Waals surface area contributed by atoms with Crippen LogP contribution in [0.5, 0.6) is 5.75 Å². The molecule has 0 saturated heterocycles. The molecule has 1 atom stereocenters. The molecule has 8 heteroatoms. The third-order valence-electron chi connectivity index (χ3n) is 6.18. The van der Waals surface area contributed by atoms with E-state index in [1.807, 2.05) is 55.5 Å². The Bertz CT molecular complexity index is 1220. The third-order valence-corrected chi connectivity index (χ3v) is 7.51. The Morgan fingerprint density at radius 2 is 1.68 bits per heavy atom. The summed E-state index contributed by atoms with van der Waals surface area (Å²) in [5.41, 5.74) is 2.66. The van der Waals surface area contributed by atoms with E-state index in [2.05, 4.69) is 35.1 Å². The minimum absolute atomic E-state index is 0.0607. The van der Waals surface area contributed by atoms with Crippen LogP contribution in [0.2, 0.25) is 10.0 Å². The Kier molecular flexibility index (Phi) is 11.5. The van der Waals surface area contributed by atoms with Gasteiger partial charge in [-0.15, -0.1) is 0 Å². The van der Waals surface area contributed by atoms with Crippen LogP contribution in [-0.2, 0) is 22.6 Å². The second-order valence-electron chi connectivity index (χ2n) is 9.35. The van der Waals surface area contributed by atoms with Crippen molar-refractivity contribution in [3.05, 3.63) is 97.9 Å². The lowest BCUT2D eigenvalue weighted by Gasteiger charge is -2.32. The number of carbonyl (C=O) groups is 2. The maximum Gasteiger partial charge on any atom is 0.261 e. The van der Waals surface area contributed by atoms with Crippen LogP contribution >= 0.6 is 39.1 Å². The highest BCUT2D eigenvalue weighted by Gasteiger charge is 2.31. The van der Waals surface area contributed by atoms with Gasteiger partial charge in [0.05, 0.1) is 4.47 Å². The number of rotatable bonds is 12. The number of benzene rings is 3. The largest absolute Gasteiger partial charge is 0.483 e. The number of nitrogens with zero attached hydrogens (tertiary/aromatic N) is 1. The zero-order chi connectivity index (χ0) is 27.7. The van der Waals surface area contributed by atoms with Gasteiger partial charge in [0.2, 0.25) is 5.91 Å². The van der Waals surface area contributed by atoms with E-state index in [4.69, 9.17) is 27.9 Å². The fourth-order valence-corrected chi connectivity index (χ4v) is 5.02. The van der Waals surface area contributed by atoms with E-state index >= 15 is 0 Å². The summed E-state index contributed by atoms with van der Waals surface area (Å²) in [6.07, 6.45) is 1.11. The first-order chi connectivity index (χ1) is 18.2. The number of hydrogen-bond acceptors (Lipinski definition) is 3. The molecule has 0 aliphatic heterocycles. The molecule has 0 aromatic heterocycles. The van der Waals surface area contributed by atoms with Crippen LogP contribution < -0.4 is 10.1 Å². The van der Waals surface area contributed by atoms with Crippen LogP contribution in [0.3, 0.4) is 0 Å². The monoisotopic (exact) mass is 618 g/mol. The molecule has 2 amide bonds. The van der Waals surface area contributed by atoms with Crippen molar-refractivity contribution in [3.63, 3.8) is 0 Å². The number of nitrogens with one attached hydrogen (secondary N) is 1. The van der Waals surface area contributed by atoms with E-state index in [0.29, 0.717) is 40.2 Å². The van der Waals surface area contributed by atoms with Gasteiger partial charge in [0, 0.05) is 35.1 Å². The molecule has 0 aliphatic carbocycles. The first kappa shape index (κ1) is 30.0. The van der Waals surface area contributed by atoms with Crippen molar-refractivity contribution in [3.8, 4) is 5.75 Å². The van der Waals surface area contributed by atoms with Crippen LogP contribution in [0.1, 0.15) is 49.8 Å². The van der Waals surface area contributed by atoms with Gasteiger partial charge in [-0.25, -0.2) is 0 Å². The Hall–Kier alpha value is -2.54. The Morgan fingerprint density at radius 1 is 1.00 bits per heavy atom. The number of amides is 2. The minimum atomic E-state index is -0.792. The second kappa shape index (κ2) is 14.6. The second-order valence-corrected chi connectivity index (χ2v) is 11.0. The van der Waals surface area contributed by atoms with Gasteiger partial charge in [0.1, 0.15) is 11.8 Å². The van der Waals surface area contributed by atoms with Gasteiger partial charge in [-0.1, -0.05) is 86.4 Å². The van der Waals surface area contributed by atoms with Crippen molar-refractivity contribution < 1.29 is 14.3 Å². The zero-order valence-electron chi connectivity index (χ0n) is 21.8. The predicted molar refractivity (Wildman–Crippen MR) is 158 cm³/mol. The molecule has 202 valence electrons. The van der Waals surface area contributed by atoms with E-state index in [9.17, 15) is 9.59 Å². The number of ether oxygens (including phenoxy) is 1. The molecule has 38 heavy (non-hydrogen) atoms. The third kappa shape index (κ3) is 8.23. The summed E-state index contributed by atoms with van der Waals surface area (Å²) in [6.45, 7) is 6.51. The molecule has 5 nitrogen and oxygen atoms in total. The topological polar surface area (TPSA) is 58.6 Å². The van der Waals surface area contributed by atoms with Crippen LogP contribution in [-0.4, -0.2) is 35.9 Å². The average Bonchev–Trinajstić information content (AvgIpc) is 2.90. The molecule has 1 N–H and O–H groups in total. The number of halogens is 3. The summed E-state index contributed by atoms with van der Waals surface area (Å²) in [6, 6.07) is 19.8. The Balaban J connectivity index is 1.94. The van der Waals surface area contributed by atoms with Crippen LogP contribution in [0.25, 0.3) is 0 Å². The maximum atomic E-state index is 13.8. The summed E-state index contributed by atoms with van der Waals surface area (Å²) in [5, 5.41) is 3.81. The van der Waals surface area contributed by atoms with E-state index in [0.717, 1.165) is 22.0 Å². The van der Waals surface area contributed by atoms with Crippen molar-refractivity contribution in [1.82, 2.24) is 10.2 Å². The van der Waals surface area contributed by atoms with Crippen molar-refractivity contribution >= 4 is 50.9 Å². The van der Waals surface area contributed by atoms with Crippen LogP contribution in [0.4, 0.5) is 0 Å². The first-order valence-electron chi connectivity index (χ1n) is 12.7. The molecule has 0 spiro atoms. The summed E-state index contributed by atoms with van der Waals surface area (Å²) < 4.78 is 6.70. The molecule has 0 aliphatic rings. The van der Waals surface area contributed by atoms with Gasteiger partial charge >= 0.3 is 0 Å². The van der Waals surface area contributed by atoms with Gasteiger partial charge in [0.15, 0.2) is 6.61 Å². The molecular weight excluding hydrogens is 587 g/mol. The molecule has 3 aromatic carbocycles. The lowest BCUT2D eigenvalue weighted by Crippen LogP contribution is -2.51. The van der Waals surface area contributed by atoms with E-state index in [1.165, 1.54) is 4.90 Å². The molecule has 0 unspecified atom stereocenters. The highest BCUT2D eigenvalue weighted by atomic mass is 79.9. The SMILES string of the molecule is CCCNC(=O)[C@H](Cc1ccccc1)N(Cc1c(Cl)cccc1Cl)C(=O)COc1ccc(C(C)C)cc1Br. The summed E-state index contributed by atoms with van der Waals surface area (Å²) >= 11 is 16.5. The lowest BCUT2D eigenvalue weighted by atomic mass is 10.0. The molecule has 0 heterocycles. The van der Waals surface area contributed by atoms with Crippen LogP contribution in [0.15, 0.2) is 71.2 Å². The Morgan fingerprint density at radius 3 is 2.29 bits per heavy atom. The summed E-state index contributed by atoms with van der Waals surface area (Å²) in [7, 11) is 0. The standard InChI is InChI=1S/C30H33BrCl2N2O3/c1-4-15-34-30(37)27(16-21-9-6-5-7-10-21)35(18-23-25(32)11-8-12-26(23)33)29(36)19-38-28-14-13-22(20(2)3)17-24(28)31/h5-14,17,20,27H,4,15-16,18-19H2,1-3H3,(H,34,37)/t27-/m0/s1. The summed E-state index contributed by atoms with van der Waals surface area (Å²) in [4.78, 5) is 28.7. The minimum Gasteiger partial charge on any atom is -0.483 e. The fourth-order valence-electron chi connectivity index (χ4n) is 3.99. The molecular formula is C30H33BrCl2N2O3. The average molecular weight is 620 g/mol. The van der Waals surface area contributed by atoms with Gasteiger partial charge in [-0.05, 0) is 63.7 Å². The van der Waals surface area contributed by atoms with Crippen molar-refractivity contribution in [2.24, 2.45) is 0 Å². The smallest absolute Gasteiger partial charge is 0.261 e. The molecule has 0 bridgehead atoms.